The van der Waals surface area contributed by atoms with E-state index in [-0.39, 0.29) is 30.7 Å². The lowest BCUT2D eigenvalue weighted by Gasteiger charge is -2.18. The summed E-state index contributed by atoms with van der Waals surface area (Å²) in [5.41, 5.74) is 2.34. The molecule has 1 saturated heterocycles. The van der Waals surface area contributed by atoms with Crippen LogP contribution < -0.4 is 5.32 Å². The van der Waals surface area contributed by atoms with Crippen LogP contribution in [-0.4, -0.2) is 42.0 Å². The molecule has 0 atom stereocenters. The van der Waals surface area contributed by atoms with Gasteiger partial charge in [-0.1, -0.05) is 0 Å². The monoisotopic (exact) mass is 331 g/mol. The SMILES string of the molecule is Cc1ccc2oc(C(=O)N3CCCNCC3)cc2n1.Cl.Cl. The Kier molecular flexibility index (Phi) is 6.45. The molecule has 1 aliphatic rings. The van der Waals surface area contributed by atoms with E-state index in [1.54, 1.807) is 6.07 Å². The Hall–Kier alpha value is -1.30. The standard InChI is InChI=1S/C14H17N3O2.2ClH/c1-10-3-4-12-11(16-10)9-13(19-12)14(18)17-7-2-5-15-6-8-17;;/h3-4,9,15H,2,5-8H2,1H3;2*1H. The molecule has 3 rings (SSSR count). The van der Waals surface area contributed by atoms with Crippen LogP contribution in [0.15, 0.2) is 22.6 Å². The lowest BCUT2D eigenvalue weighted by atomic mass is 10.3. The smallest absolute Gasteiger partial charge is 0.289 e. The summed E-state index contributed by atoms with van der Waals surface area (Å²) in [6.45, 7) is 5.22. The molecule has 1 fully saturated rings. The molecule has 3 heterocycles. The number of carbonyl (C=O) groups excluding carboxylic acids is 1. The molecule has 1 amide bonds. The van der Waals surface area contributed by atoms with E-state index in [1.807, 2.05) is 24.0 Å². The van der Waals surface area contributed by atoms with Crippen LogP contribution in [0.5, 0.6) is 0 Å². The van der Waals surface area contributed by atoms with Crippen LogP contribution >= 0.6 is 24.8 Å². The predicted octanol–water partition coefficient (Wildman–Crippen LogP) is 2.42. The third-order valence-corrected chi connectivity index (χ3v) is 3.35. The van der Waals surface area contributed by atoms with Crippen LogP contribution in [0.25, 0.3) is 11.1 Å². The van der Waals surface area contributed by atoms with Gasteiger partial charge in [-0.3, -0.25) is 4.79 Å². The van der Waals surface area contributed by atoms with Gasteiger partial charge in [0.15, 0.2) is 11.3 Å². The quantitative estimate of drug-likeness (QED) is 0.871. The summed E-state index contributed by atoms with van der Waals surface area (Å²) in [6.07, 6.45) is 0.976. The fourth-order valence-corrected chi connectivity index (χ4v) is 2.34. The molecular formula is C14H19Cl2N3O2. The number of aryl methyl sites for hydroxylation is 1. The van der Waals surface area contributed by atoms with Gasteiger partial charge in [-0.25, -0.2) is 4.98 Å². The molecule has 0 aromatic carbocycles. The number of pyridine rings is 1. The van der Waals surface area contributed by atoms with Crippen LogP contribution in [0.2, 0.25) is 0 Å². The van der Waals surface area contributed by atoms with Crippen molar-refractivity contribution < 1.29 is 9.21 Å². The number of rotatable bonds is 1. The first-order valence-electron chi connectivity index (χ1n) is 6.61. The molecule has 2 aromatic rings. The number of aromatic nitrogens is 1. The minimum absolute atomic E-state index is 0. The van der Waals surface area contributed by atoms with Gasteiger partial charge in [0, 0.05) is 31.4 Å². The van der Waals surface area contributed by atoms with Crippen molar-refractivity contribution in [2.45, 2.75) is 13.3 Å². The number of nitrogens with one attached hydrogen (secondary N) is 1. The Morgan fingerprint density at radius 2 is 2.10 bits per heavy atom. The molecule has 2 aromatic heterocycles. The highest BCUT2D eigenvalue weighted by Crippen LogP contribution is 2.19. The number of hydrogen-bond donors (Lipinski definition) is 1. The van der Waals surface area contributed by atoms with E-state index in [0.717, 1.165) is 43.8 Å². The Balaban J connectivity index is 0.00000110. The average molecular weight is 332 g/mol. The van der Waals surface area contributed by atoms with Gasteiger partial charge >= 0.3 is 0 Å². The van der Waals surface area contributed by atoms with Gasteiger partial charge < -0.3 is 14.6 Å². The van der Waals surface area contributed by atoms with Crippen LogP contribution in [0.4, 0.5) is 0 Å². The first-order valence-corrected chi connectivity index (χ1v) is 6.61. The first-order chi connectivity index (χ1) is 9.24. The maximum Gasteiger partial charge on any atom is 0.289 e. The second-order valence-corrected chi connectivity index (χ2v) is 4.84. The summed E-state index contributed by atoms with van der Waals surface area (Å²) in [6, 6.07) is 5.48. The molecule has 0 unspecified atom stereocenters. The normalized spacial score (nSPS) is 15.0. The van der Waals surface area contributed by atoms with Gasteiger partial charge in [-0.05, 0) is 32.0 Å². The summed E-state index contributed by atoms with van der Waals surface area (Å²) in [5, 5.41) is 3.28. The van der Waals surface area contributed by atoms with Crippen molar-refractivity contribution in [1.82, 2.24) is 15.2 Å². The summed E-state index contributed by atoms with van der Waals surface area (Å²) in [5.74, 6) is 0.342. The third kappa shape index (κ3) is 3.87. The number of hydrogen-bond acceptors (Lipinski definition) is 4. The topological polar surface area (TPSA) is 58.4 Å². The largest absolute Gasteiger partial charge is 0.449 e. The molecule has 0 radical (unpaired) electrons. The molecule has 21 heavy (non-hydrogen) atoms. The summed E-state index contributed by atoms with van der Waals surface area (Å²) >= 11 is 0. The maximum atomic E-state index is 12.4. The molecule has 0 bridgehead atoms. The molecule has 0 saturated carbocycles. The molecule has 1 N–H and O–H groups in total. The van der Waals surface area contributed by atoms with E-state index in [4.69, 9.17) is 4.42 Å². The molecular weight excluding hydrogens is 313 g/mol. The lowest BCUT2D eigenvalue weighted by Crippen LogP contribution is -2.33. The van der Waals surface area contributed by atoms with Crippen LogP contribution in [0.1, 0.15) is 22.7 Å². The van der Waals surface area contributed by atoms with Gasteiger partial charge in [0.2, 0.25) is 0 Å². The fourth-order valence-electron chi connectivity index (χ4n) is 2.34. The minimum Gasteiger partial charge on any atom is -0.449 e. The summed E-state index contributed by atoms with van der Waals surface area (Å²) in [7, 11) is 0. The number of carbonyl (C=O) groups is 1. The zero-order valence-electron chi connectivity index (χ0n) is 11.8. The Labute approximate surface area is 135 Å². The predicted molar refractivity (Wildman–Crippen MR) is 86.6 cm³/mol. The van der Waals surface area contributed by atoms with Gasteiger partial charge in [0.25, 0.3) is 5.91 Å². The zero-order chi connectivity index (χ0) is 13.2. The van der Waals surface area contributed by atoms with Crippen molar-refractivity contribution >= 4 is 41.8 Å². The van der Waals surface area contributed by atoms with Gasteiger partial charge in [-0.15, -0.1) is 24.8 Å². The van der Waals surface area contributed by atoms with E-state index >= 15 is 0 Å². The molecule has 7 heteroatoms. The number of halogens is 2. The van der Waals surface area contributed by atoms with E-state index < -0.39 is 0 Å². The fraction of sp³-hybridized carbons (Fsp3) is 0.429. The Bertz CT molecular complexity index is 607. The minimum atomic E-state index is -0.0423. The van der Waals surface area contributed by atoms with Crippen LogP contribution in [-0.2, 0) is 0 Å². The average Bonchev–Trinajstić information content (AvgIpc) is 2.64. The second-order valence-electron chi connectivity index (χ2n) is 4.84. The highest BCUT2D eigenvalue weighted by Gasteiger charge is 2.20. The highest BCUT2D eigenvalue weighted by atomic mass is 35.5. The number of furan rings is 1. The van der Waals surface area contributed by atoms with Crippen LogP contribution in [0.3, 0.4) is 0 Å². The van der Waals surface area contributed by atoms with Gasteiger partial charge in [-0.2, -0.15) is 0 Å². The Morgan fingerprint density at radius 1 is 1.29 bits per heavy atom. The summed E-state index contributed by atoms with van der Waals surface area (Å²) in [4.78, 5) is 18.6. The van der Waals surface area contributed by atoms with E-state index in [9.17, 15) is 4.79 Å². The number of amides is 1. The first kappa shape index (κ1) is 17.8. The van der Waals surface area contributed by atoms with Crippen molar-refractivity contribution in [2.24, 2.45) is 0 Å². The third-order valence-electron chi connectivity index (χ3n) is 3.35. The van der Waals surface area contributed by atoms with Crippen molar-refractivity contribution in [2.75, 3.05) is 26.2 Å². The summed E-state index contributed by atoms with van der Waals surface area (Å²) < 4.78 is 5.60. The molecule has 0 aliphatic carbocycles. The van der Waals surface area contributed by atoms with Gasteiger partial charge in [0.05, 0.1) is 0 Å². The number of nitrogens with zero attached hydrogens (tertiary/aromatic N) is 2. The second kappa shape index (κ2) is 7.64. The van der Waals surface area contributed by atoms with E-state index in [2.05, 4.69) is 10.3 Å². The lowest BCUT2D eigenvalue weighted by molar-refractivity contribution is 0.0737. The van der Waals surface area contributed by atoms with Crippen molar-refractivity contribution in [3.05, 3.63) is 29.7 Å². The van der Waals surface area contributed by atoms with Crippen molar-refractivity contribution in [3.63, 3.8) is 0 Å². The van der Waals surface area contributed by atoms with Gasteiger partial charge in [0.1, 0.15) is 5.52 Å². The molecule has 0 spiro atoms. The number of fused-ring (bicyclic) bond motifs is 1. The molecule has 5 nitrogen and oxygen atoms in total. The van der Waals surface area contributed by atoms with Crippen LogP contribution in [0, 0.1) is 6.92 Å². The maximum absolute atomic E-state index is 12.4. The van der Waals surface area contributed by atoms with E-state index in [0.29, 0.717) is 11.3 Å². The molecule has 1 aliphatic heterocycles. The highest BCUT2D eigenvalue weighted by molar-refractivity contribution is 5.95. The van der Waals surface area contributed by atoms with E-state index in [1.165, 1.54) is 0 Å². The van der Waals surface area contributed by atoms with Crippen molar-refractivity contribution in [1.29, 1.82) is 0 Å². The molecule has 116 valence electrons. The van der Waals surface area contributed by atoms with Crippen molar-refractivity contribution in [3.8, 4) is 0 Å². The zero-order valence-corrected chi connectivity index (χ0v) is 13.4. The Morgan fingerprint density at radius 3 is 2.90 bits per heavy atom.